The molecule has 1 aliphatic heterocycles. The molecule has 1 heterocycles. The van der Waals surface area contributed by atoms with Crippen LogP contribution in [0.15, 0.2) is 48.6 Å². The van der Waals surface area contributed by atoms with E-state index in [0.717, 1.165) is 64.2 Å². The number of carbonyl (C=O) groups excluding carboxylic acids is 1. The van der Waals surface area contributed by atoms with Gasteiger partial charge in [0.05, 0.1) is 19.8 Å². The number of carbonyl (C=O) groups is 1. The van der Waals surface area contributed by atoms with Crippen LogP contribution in [0.25, 0.3) is 0 Å². The molecule has 1 aliphatic rings. The van der Waals surface area contributed by atoms with Gasteiger partial charge in [0.15, 0.2) is 6.29 Å². The van der Waals surface area contributed by atoms with Crippen molar-refractivity contribution in [2.45, 2.75) is 288 Å². The summed E-state index contributed by atoms with van der Waals surface area (Å²) in [6, 6.07) is 0. The summed E-state index contributed by atoms with van der Waals surface area (Å²) in [6.45, 7) is 4.48. The zero-order valence-corrected chi connectivity index (χ0v) is 43.4. The van der Waals surface area contributed by atoms with E-state index in [0.29, 0.717) is 13.0 Å². The number of ether oxygens (including phenoxy) is 4. The third-order valence-corrected chi connectivity index (χ3v) is 13.0. The third kappa shape index (κ3) is 39.6. The van der Waals surface area contributed by atoms with Gasteiger partial charge in [-0.1, -0.05) is 242 Å². The molecule has 1 saturated heterocycles. The molecule has 1 fully saturated rings. The molecule has 0 aliphatic carbocycles. The molecule has 6 atom stereocenters. The average Bonchev–Trinajstić information content (AvgIpc) is 3.33. The molecule has 0 spiro atoms. The lowest BCUT2D eigenvalue weighted by atomic mass is 9.99. The van der Waals surface area contributed by atoms with Crippen molar-refractivity contribution in [3.05, 3.63) is 48.6 Å². The smallest absolute Gasteiger partial charge is 0.306 e. The average molecular weight is 947 g/mol. The van der Waals surface area contributed by atoms with Crippen LogP contribution < -0.4 is 0 Å². The summed E-state index contributed by atoms with van der Waals surface area (Å²) in [5.41, 5.74) is 0. The molecule has 0 saturated carbocycles. The van der Waals surface area contributed by atoms with Gasteiger partial charge in [0.2, 0.25) is 0 Å². The second kappa shape index (κ2) is 49.1. The number of hydrogen-bond acceptors (Lipinski definition) is 9. The van der Waals surface area contributed by atoms with E-state index in [2.05, 4.69) is 62.5 Å². The monoisotopic (exact) mass is 947 g/mol. The number of hydrogen-bond donors (Lipinski definition) is 4. The van der Waals surface area contributed by atoms with E-state index in [1.807, 2.05) is 0 Å². The van der Waals surface area contributed by atoms with Gasteiger partial charge in [-0.05, 0) is 51.4 Å². The quantitative estimate of drug-likeness (QED) is 0.0267. The van der Waals surface area contributed by atoms with E-state index >= 15 is 0 Å². The van der Waals surface area contributed by atoms with Crippen molar-refractivity contribution in [3.63, 3.8) is 0 Å². The minimum absolute atomic E-state index is 0.115. The maximum Gasteiger partial charge on any atom is 0.306 e. The lowest BCUT2D eigenvalue weighted by molar-refractivity contribution is -0.305. The van der Waals surface area contributed by atoms with Crippen molar-refractivity contribution in [2.24, 2.45) is 0 Å². The summed E-state index contributed by atoms with van der Waals surface area (Å²) in [5, 5.41) is 40.3. The number of allylic oxidation sites excluding steroid dienone is 8. The first kappa shape index (κ1) is 63.2. The van der Waals surface area contributed by atoms with Crippen LogP contribution in [-0.2, 0) is 23.7 Å². The molecule has 0 aromatic carbocycles. The topological polar surface area (TPSA) is 135 Å². The Hall–Kier alpha value is -1.85. The molecule has 67 heavy (non-hydrogen) atoms. The number of esters is 1. The van der Waals surface area contributed by atoms with Crippen LogP contribution in [-0.4, -0.2) is 89.6 Å². The predicted octanol–water partition coefficient (Wildman–Crippen LogP) is 14.4. The number of aliphatic hydroxyl groups is 4. The van der Waals surface area contributed by atoms with Crippen LogP contribution in [0.4, 0.5) is 0 Å². The summed E-state index contributed by atoms with van der Waals surface area (Å²) < 4.78 is 23.0. The fraction of sp³-hybridized carbons (Fsp3) is 0.845. The molecule has 0 aromatic heterocycles. The Kier molecular flexibility index (Phi) is 46.3. The Morgan fingerprint density at radius 1 is 0.493 bits per heavy atom. The number of rotatable bonds is 49. The Bertz CT molecular complexity index is 1170. The van der Waals surface area contributed by atoms with Crippen LogP contribution >= 0.6 is 0 Å². The second-order valence-electron chi connectivity index (χ2n) is 19.4. The Morgan fingerprint density at radius 2 is 0.910 bits per heavy atom. The van der Waals surface area contributed by atoms with E-state index in [-0.39, 0.29) is 19.2 Å². The molecular weight excluding hydrogens is 841 g/mol. The van der Waals surface area contributed by atoms with Gasteiger partial charge in [-0.15, -0.1) is 0 Å². The van der Waals surface area contributed by atoms with Gasteiger partial charge in [0.25, 0.3) is 0 Å². The third-order valence-electron chi connectivity index (χ3n) is 13.0. The van der Waals surface area contributed by atoms with Crippen LogP contribution in [0.5, 0.6) is 0 Å². The van der Waals surface area contributed by atoms with Crippen LogP contribution in [0.3, 0.4) is 0 Å². The summed E-state index contributed by atoms with van der Waals surface area (Å²) in [6.07, 6.45) is 55.8. The van der Waals surface area contributed by atoms with Crippen LogP contribution in [0.1, 0.15) is 251 Å². The Morgan fingerprint density at radius 3 is 1.37 bits per heavy atom. The molecule has 0 radical (unpaired) electrons. The molecule has 9 heteroatoms. The minimum Gasteiger partial charge on any atom is -0.457 e. The van der Waals surface area contributed by atoms with Gasteiger partial charge in [-0.2, -0.15) is 0 Å². The summed E-state index contributed by atoms with van der Waals surface area (Å²) in [7, 11) is 0. The summed E-state index contributed by atoms with van der Waals surface area (Å²) >= 11 is 0. The van der Waals surface area contributed by atoms with Gasteiger partial charge in [0.1, 0.15) is 30.5 Å². The van der Waals surface area contributed by atoms with Crippen LogP contribution in [0, 0.1) is 0 Å². The van der Waals surface area contributed by atoms with Gasteiger partial charge in [-0.25, -0.2) is 0 Å². The predicted molar refractivity (Wildman–Crippen MR) is 279 cm³/mol. The molecule has 392 valence electrons. The first-order valence-corrected chi connectivity index (χ1v) is 28.2. The van der Waals surface area contributed by atoms with E-state index < -0.39 is 43.4 Å². The molecule has 0 aromatic rings. The molecule has 0 bridgehead atoms. The summed E-state index contributed by atoms with van der Waals surface area (Å²) in [5.74, 6) is -0.318. The van der Waals surface area contributed by atoms with Gasteiger partial charge < -0.3 is 39.4 Å². The van der Waals surface area contributed by atoms with E-state index in [1.165, 1.54) is 167 Å². The van der Waals surface area contributed by atoms with Crippen molar-refractivity contribution in [1.29, 1.82) is 0 Å². The molecule has 6 unspecified atom stereocenters. The van der Waals surface area contributed by atoms with Crippen molar-refractivity contribution in [2.75, 3.05) is 26.4 Å². The fourth-order valence-electron chi connectivity index (χ4n) is 8.66. The fourth-order valence-corrected chi connectivity index (χ4v) is 8.66. The zero-order valence-electron chi connectivity index (χ0n) is 43.4. The van der Waals surface area contributed by atoms with Crippen LogP contribution in [0.2, 0.25) is 0 Å². The molecule has 9 nitrogen and oxygen atoms in total. The molecule has 0 amide bonds. The van der Waals surface area contributed by atoms with E-state index in [9.17, 15) is 25.2 Å². The normalized spacial score (nSPS) is 19.5. The van der Waals surface area contributed by atoms with Crippen molar-refractivity contribution in [3.8, 4) is 0 Å². The van der Waals surface area contributed by atoms with Crippen molar-refractivity contribution < 1.29 is 44.2 Å². The minimum atomic E-state index is -1.54. The van der Waals surface area contributed by atoms with E-state index in [1.54, 1.807) is 0 Å². The van der Waals surface area contributed by atoms with Crippen molar-refractivity contribution >= 4 is 5.97 Å². The molecular formula is C58H106O9. The molecule has 4 N–H and O–H groups in total. The zero-order chi connectivity index (χ0) is 48.5. The Labute approximate surface area is 412 Å². The highest BCUT2D eigenvalue weighted by atomic mass is 16.7. The highest BCUT2D eigenvalue weighted by Gasteiger charge is 2.44. The molecule has 1 rings (SSSR count). The Balaban J connectivity index is 2.16. The highest BCUT2D eigenvalue weighted by molar-refractivity contribution is 5.69. The lowest BCUT2D eigenvalue weighted by Gasteiger charge is -2.39. The first-order chi connectivity index (χ1) is 32.9. The lowest BCUT2D eigenvalue weighted by Crippen LogP contribution is -2.59. The SMILES string of the molecule is CC/C=C\C/C=C\C/C=C\C/C=C\CCCCCCCCCCC(=O)OC(COCCCCCCCCCCCCCCCCCCCCCCCCC)COC1OC(CO)C(O)C(O)C1O. The largest absolute Gasteiger partial charge is 0.457 e. The maximum absolute atomic E-state index is 12.9. The van der Waals surface area contributed by atoms with Crippen molar-refractivity contribution in [1.82, 2.24) is 0 Å². The van der Waals surface area contributed by atoms with Gasteiger partial charge in [0, 0.05) is 13.0 Å². The first-order valence-electron chi connectivity index (χ1n) is 28.2. The van der Waals surface area contributed by atoms with Gasteiger partial charge in [-0.3, -0.25) is 4.79 Å². The maximum atomic E-state index is 12.9. The standard InChI is InChI=1S/C58H106O9/c1-3-5-7-9-11-13-15-17-19-21-23-25-26-28-30-32-34-36-38-40-42-44-46-48-64-50-52(51-65-58-57(63)56(62)55(61)53(49-59)67-58)66-54(60)47-45-43-41-39-37-35-33-31-29-27-24-22-20-18-16-14-12-10-8-6-4-2/h6,8,12,14,18,20,24,27,52-53,55-59,61-63H,3-5,7,9-11,13,15-17,19,21-23,25-26,28-51H2,1-2H3/b8-6-,14-12-,20-18-,27-24-. The van der Waals surface area contributed by atoms with Gasteiger partial charge >= 0.3 is 5.97 Å². The highest BCUT2D eigenvalue weighted by Crippen LogP contribution is 2.23. The number of unbranched alkanes of at least 4 members (excludes halogenated alkanes) is 30. The number of aliphatic hydroxyl groups excluding tert-OH is 4. The summed E-state index contributed by atoms with van der Waals surface area (Å²) in [4.78, 5) is 12.9. The second-order valence-corrected chi connectivity index (χ2v) is 19.4. The van der Waals surface area contributed by atoms with E-state index in [4.69, 9.17) is 18.9 Å².